The molecule has 110 valence electrons. The maximum Gasteiger partial charge on any atom is 0.242 e. The molecule has 1 heterocycles. The third-order valence-electron chi connectivity index (χ3n) is 3.33. The number of aromatic nitrogens is 1. The molecule has 0 N–H and O–H groups in total. The zero-order valence-corrected chi connectivity index (χ0v) is 13.0. The lowest BCUT2D eigenvalue weighted by molar-refractivity contribution is -0.116. The van der Waals surface area contributed by atoms with Gasteiger partial charge in [0.1, 0.15) is 5.88 Å². The number of alkyl halides is 1. The molecule has 0 aliphatic rings. The molecule has 0 unspecified atom stereocenters. The number of rotatable bonds is 5. The van der Waals surface area contributed by atoms with Crippen LogP contribution in [0.4, 0.5) is 5.69 Å². The molecule has 0 aliphatic carbocycles. The van der Waals surface area contributed by atoms with Crippen LogP contribution in [-0.2, 0) is 11.3 Å². The van der Waals surface area contributed by atoms with Gasteiger partial charge in [0.15, 0.2) is 0 Å². The maximum absolute atomic E-state index is 12.2. The second-order valence-corrected chi connectivity index (χ2v) is 5.49. The van der Waals surface area contributed by atoms with E-state index in [9.17, 15) is 4.79 Å². The second-order valence-electron chi connectivity index (χ2n) is 5.22. The van der Waals surface area contributed by atoms with Crippen molar-refractivity contribution in [2.45, 2.75) is 26.3 Å². The summed E-state index contributed by atoms with van der Waals surface area (Å²) in [7, 11) is 0. The third-order valence-corrected chi connectivity index (χ3v) is 3.56. The fourth-order valence-electron chi connectivity index (χ4n) is 2.12. The molecular formula is C17H19ClN2O. The highest BCUT2D eigenvalue weighted by molar-refractivity contribution is 6.29. The normalized spacial score (nSPS) is 10.7. The molecule has 21 heavy (non-hydrogen) atoms. The fraction of sp³-hybridized carbons (Fsp3) is 0.294. The van der Waals surface area contributed by atoms with E-state index in [1.54, 1.807) is 17.3 Å². The topological polar surface area (TPSA) is 33.2 Å². The molecule has 0 bridgehead atoms. The molecule has 2 rings (SSSR count). The fourth-order valence-corrected chi connectivity index (χ4v) is 2.27. The summed E-state index contributed by atoms with van der Waals surface area (Å²) in [6.07, 6.45) is 3.48. The molecular weight excluding hydrogens is 284 g/mol. The predicted octanol–water partition coefficient (Wildman–Crippen LogP) is 3.98. The first kappa shape index (κ1) is 15.5. The SMILES string of the molecule is CC(C)c1cccc(N(Cc2cccnc2)C(=O)CCl)c1. The van der Waals surface area contributed by atoms with Gasteiger partial charge in [-0.3, -0.25) is 9.78 Å². The highest BCUT2D eigenvalue weighted by Crippen LogP contribution is 2.23. The molecule has 1 amide bonds. The Labute approximate surface area is 130 Å². The summed E-state index contributed by atoms with van der Waals surface area (Å²) in [5, 5.41) is 0. The first-order chi connectivity index (χ1) is 10.1. The molecule has 3 nitrogen and oxygen atoms in total. The van der Waals surface area contributed by atoms with Crippen LogP contribution in [0.5, 0.6) is 0 Å². The minimum atomic E-state index is -0.110. The van der Waals surface area contributed by atoms with Gasteiger partial charge in [0.25, 0.3) is 0 Å². The Morgan fingerprint density at radius 1 is 1.29 bits per heavy atom. The van der Waals surface area contributed by atoms with E-state index in [1.807, 2.05) is 30.3 Å². The third kappa shape index (κ3) is 4.05. The van der Waals surface area contributed by atoms with Crippen molar-refractivity contribution in [3.63, 3.8) is 0 Å². The average Bonchev–Trinajstić information content (AvgIpc) is 2.53. The van der Waals surface area contributed by atoms with E-state index in [4.69, 9.17) is 11.6 Å². The molecule has 0 spiro atoms. The molecule has 0 atom stereocenters. The van der Waals surface area contributed by atoms with Gasteiger partial charge in [-0.05, 0) is 35.2 Å². The minimum Gasteiger partial charge on any atom is -0.307 e. The maximum atomic E-state index is 12.2. The van der Waals surface area contributed by atoms with Crippen LogP contribution in [0, 0.1) is 0 Å². The second kappa shape index (κ2) is 7.23. The van der Waals surface area contributed by atoms with E-state index < -0.39 is 0 Å². The summed E-state index contributed by atoms with van der Waals surface area (Å²) in [5.74, 6) is 0.268. The van der Waals surface area contributed by atoms with E-state index in [2.05, 4.69) is 24.9 Å². The van der Waals surface area contributed by atoms with E-state index in [-0.39, 0.29) is 11.8 Å². The van der Waals surface area contributed by atoms with Crippen molar-refractivity contribution in [3.05, 3.63) is 59.9 Å². The Bertz CT molecular complexity index is 599. The molecule has 2 aromatic rings. The number of anilines is 1. The van der Waals surface area contributed by atoms with Crippen LogP contribution in [0.25, 0.3) is 0 Å². The number of benzene rings is 1. The van der Waals surface area contributed by atoms with Gasteiger partial charge in [-0.2, -0.15) is 0 Å². The van der Waals surface area contributed by atoms with Gasteiger partial charge in [-0.15, -0.1) is 11.6 Å². The standard InChI is InChI=1S/C17H19ClN2O/c1-13(2)15-6-3-7-16(9-15)20(17(21)10-18)12-14-5-4-8-19-11-14/h3-9,11,13H,10,12H2,1-2H3. The lowest BCUT2D eigenvalue weighted by Gasteiger charge is -2.23. The summed E-state index contributed by atoms with van der Waals surface area (Å²) < 4.78 is 0. The molecule has 4 heteroatoms. The van der Waals surface area contributed by atoms with Gasteiger partial charge >= 0.3 is 0 Å². The van der Waals surface area contributed by atoms with E-state index in [0.717, 1.165) is 11.3 Å². The highest BCUT2D eigenvalue weighted by atomic mass is 35.5. The van der Waals surface area contributed by atoms with Crippen molar-refractivity contribution >= 4 is 23.2 Å². The first-order valence-corrected chi connectivity index (χ1v) is 7.50. The molecule has 1 aromatic carbocycles. The molecule has 1 aromatic heterocycles. The Morgan fingerprint density at radius 2 is 2.10 bits per heavy atom. The number of pyridine rings is 1. The van der Waals surface area contributed by atoms with Crippen molar-refractivity contribution < 1.29 is 4.79 Å². The van der Waals surface area contributed by atoms with Crippen molar-refractivity contribution in [3.8, 4) is 0 Å². The van der Waals surface area contributed by atoms with Gasteiger partial charge < -0.3 is 4.90 Å². The number of carbonyl (C=O) groups is 1. The largest absolute Gasteiger partial charge is 0.307 e. The van der Waals surface area contributed by atoms with Gasteiger partial charge in [0.2, 0.25) is 5.91 Å². The predicted molar refractivity (Wildman–Crippen MR) is 86.7 cm³/mol. The lowest BCUT2D eigenvalue weighted by atomic mass is 10.0. The summed E-state index contributed by atoms with van der Waals surface area (Å²) in [6.45, 7) is 4.74. The van der Waals surface area contributed by atoms with Gasteiger partial charge in [-0.25, -0.2) is 0 Å². The van der Waals surface area contributed by atoms with E-state index >= 15 is 0 Å². The van der Waals surface area contributed by atoms with E-state index in [1.165, 1.54) is 5.56 Å². The molecule has 0 saturated carbocycles. The Morgan fingerprint density at radius 3 is 2.71 bits per heavy atom. The average molecular weight is 303 g/mol. The van der Waals surface area contributed by atoms with Crippen molar-refractivity contribution in [2.24, 2.45) is 0 Å². The number of carbonyl (C=O) groups excluding carboxylic acids is 1. The van der Waals surface area contributed by atoms with Crippen molar-refractivity contribution in [2.75, 3.05) is 10.8 Å². The smallest absolute Gasteiger partial charge is 0.242 e. The van der Waals surface area contributed by atoms with Gasteiger partial charge in [0.05, 0.1) is 6.54 Å². The Hall–Kier alpha value is -1.87. The van der Waals surface area contributed by atoms with Gasteiger partial charge in [0, 0.05) is 18.1 Å². The van der Waals surface area contributed by atoms with Crippen LogP contribution in [0.2, 0.25) is 0 Å². The summed E-state index contributed by atoms with van der Waals surface area (Å²) in [4.78, 5) is 18.0. The number of halogens is 1. The monoisotopic (exact) mass is 302 g/mol. The molecule has 0 aliphatic heterocycles. The van der Waals surface area contributed by atoms with Crippen LogP contribution in [0.15, 0.2) is 48.8 Å². The van der Waals surface area contributed by atoms with E-state index in [0.29, 0.717) is 12.5 Å². The number of nitrogens with zero attached hydrogens (tertiary/aromatic N) is 2. The molecule has 0 saturated heterocycles. The Kier molecular flexibility index (Phi) is 5.34. The van der Waals surface area contributed by atoms with Crippen LogP contribution < -0.4 is 4.90 Å². The van der Waals surface area contributed by atoms with Crippen LogP contribution in [-0.4, -0.2) is 16.8 Å². The zero-order valence-electron chi connectivity index (χ0n) is 12.3. The molecule has 0 radical (unpaired) electrons. The lowest BCUT2D eigenvalue weighted by Crippen LogP contribution is -2.31. The molecule has 0 fully saturated rings. The summed E-state index contributed by atoms with van der Waals surface area (Å²) in [5.41, 5.74) is 3.05. The van der Waals surface area contributed by atoms with Crippen LogP contribution >= 0.6 is 11.6 Å². The van der Waals surface area contributed by atoms with Crippen LogP contribution in [0.3, 0.4) is 0 Å². The van der Waals surface area contributed by atoms with Crippen LogP contribution in [0.1, 0.15) is 30.9 Å². The number of hydrogen-bond donors (Lipinski definition) is 0. The quantitative estimate of drug-likeness (QED) is 0.783. The number of amides is 1. The summed E-state index contributed by atoms with van der Waals surface area (Å²) >= 11 is 5.76. The highest BCUT2D eigenvalue weighted by Gasteiger charge is 2.16. The Balaban J connectivity index is 2.32. The first-order valence-electron chi connectivity index (χ1n) is 6.97. The van der Waals surface area contributed by atoms with Crippen molar-refractivity contribution in [1.82, 2.24) is 4.98 Å². The summed E-state index contributed by atoms with van der Waals surface area (Å²) in [6, 6.07) is 11.8. The zero-order chi connectivity index (χ0) is 15.2. The van der Waals surface area contributed by atoms with Gasteiger partial charge in [-0.1, -0.05) is 32.0 Å². The van der Waals surface area contributed by atoms with Crippen molar-refractivity contribution in [1.29, 1.82) is 0 Å². The number of hydrogen-bond acceptors (Lipinski definition) is 2. The minimum absolute atomic E-state index is 0.0355.